The molecule has 33 heavy (non-hydrogen) atoms. The van der Waals surface area contributed by atoms with E-state index >= 15 is 0 Å². The molecular weight excluding hydrogens is 482 g/mol. The van der Waals surface area contributed by atoms with Crippen LogP contribution in [0.15, 0.2) is 57.8 Å². The lowest BCUT2D eigenvalue weighted by Gasteiger charge is -2.11. The minimum atomic E-state index is -3.57. The number of benzene rings is 2. The first-order valence-electron chi connectivity index (χ1n) is 9.88. The number of hydrogen-bond acceptors (Lipinski definition) is 8. The molecule has 9 nitrogen and oxygen atoms in total. The summed E-state index contributed by atoms with van der Waals surface area (Å²) in [5.41, 5.74) is 2.21. The first-order valence-corrected chi connectivity index (χ1v) is 13.1. The van der Waals surface area contributed by atoms with Gasteiger partial charge in [0.2, 0.25) is 21.1 Å². The molecule has 0 aliphatic heterocycles. The van der Waals surface area contributed by atoms with E-state index in [4.69, 9.17) is 0 Å². The van der Waals surface area contributed by atoms with E-state index in [-0.39, 0.29) is 27.3 Å². The Hall–Kier alpha value is -2.80. The molecule has 3 aromatic rings. The Morgan fingerprint density at radius 3 is 2.27 bits per heavy atom. The van der Waals surface area contributed by atoms with Crippen molar-refractivity contribution in [3.05, 3.63) is 59.7 Å². The van der Waals surface area contributed by atoms with Gasteiger partial charge in [-0.15, -0.1) is 10.2 Å². The van der Waals surface area contributed by atoms with Gasteiger partial charge in [-0.05, 0) is 48.4 Å². The van der Waals surface area contributed by atoms with Crippen LogP contribution < -0.4 is 10.6 Å². The maximum atomic E-state index is 12.4. The predicted octanol–water partition coefficient (Wildman–Crippen LogP) is 3.33. The van der Waals surface area contributed by atoms with Crippen LogP contribution in [0, 0.1) is 0 Å². The molecule has 0 aliphatic rings. The van der Waals surface area contributed by atoms with Crippen LogP contribution in [-0.2, 0) is 21.2 Å². The molecule has 12 heteroatoms. The lowest BCUT2D eigenvalue weighted by atomic mass is 10.1. The normalized spacial score (nSPS) is 11.4. The van der Waals surface area contributed by atoms with E-state index in [9.17, 15) is 18.0 Å². The fourth-order valence-corrected chi connectivity index (χ4v) is 5.07. The summed E-state index contributed by atoms with van der Waals surface area (Å²) in [4.78, 5) is 24.7. The SMILES string of the molecule is CCc1ccc(NC(=O)CSc2nnc(NC(=O)c3ccc(S(=O)(=O)N(C)C)cc3)s2)cc1. The van der Waals surface area contributed by atoms with E-state index in [1.54, 1.807) is 0 Å². The van der Waals surface area contributed by atoms with Crippen LogP contribution in [-0.4, -0.2) is 54.6 Å². The number of hydrogen-bond donors (Lipinski definition) is 2. The van der Waals surface area contributed by atoms with Crippen molar-refractivity contribution in [3.8, 4) is 0 Å². The number of amides is 2. The minimum Gasteiger partial charge on any atom is -0.325 e. The van der Waals surface area contributed by atoms with Gasteiger partial charge >= 0.3 is 0 Å². The molecule has 2 aromatic carbocycles. The van der Waals surface area contributed by atoms with Crippen LogP contribution in [0.4, 0.5) is 10.8 Å². The summed E-state index contributed by atoms with van der Waals surface area (Å²) in [6.45, 7) is 2.07. The second kappa shape index (κ2) is 10.9. The average Bonchev–Trinajstić information content (AvgIpc) is 3.25. The highest BCUT2D eigenvalue weighted by atomic mass is 32.2. The largest absolute Gasteiger partial charge is 0.325 e. The van der Waals surface area contributed by atoms with Gasteiger partial charge in [-0.25, -0.2) is 12.7 Å². The summed E-state index contributed by atoms with van der Waals surface area (Å²) in [5, 5.41) is 13.6. The Balaban J connectivity index is 1.52. The van der Waals surface area contributed by atoms with E-state index < -0.39 is 15.9 Å². The van der Waals surface area contributed by atoms with Gasteiger partial charge in [-0.2, -0.15) is 0 Å². The maximum absolute atomic E-state index is 12.4. The number of anilines is 2. The minimum absolute atomic E-state index is 0.0956. The zero-order valence-electron chi connectivity index (χ0n) is 18.2. The molecule has 174 valence electrons. The van der Waals surface area contributed by atoms with Crippen LogP contribution in [0.2, 0.25) is 0 Å². The van der Waals surface area contributed by atoms with Gasteiger partial charge in [0.05, 0.1) is 10.6 Å². The topological polar surface area (TPSA) is 121 Å². The van der Waals surface area contributed by atoms with Crippen LogP contribution in [0.5, 0.6) is 0 Å². The van der Waals surface area contributed by atoms with Crippen LogP contribution in [0.1, 0.15) is 22.8 Å². The fourth-order valence-electron chi connectivity index (χ4n) is 2.63. The van der Waals surface area contributed by atoms with Crippen molar-refractivity contribution in [3.63, 3.8) is 0 Å². The van der Waals surface area contributed by atoms with Crippen molar-refractivity contribution in [1.82, 2.24) is 14.5 Å². The van der Waals surface area contributed by atoms with E-state index in [1.807, 2.05) is 24.3 Å². The second-order valence-electron chi connectivity index (χ2n) is 7.03. The van der Waals surface area contributed by atoms with Crippen LogP contribution >= 0.6 is 23.1 Å². The zero-order chi connectivity index (χ0) is 24.0. The van der Waals surface area contributed by atoms with Crippen molar-refractivity contribution >= 4 is 55.8 Å². The summed E-state index contributed by atoms with van der Waals surface area (Å²) >= 11 is 2.36. The van der Waals surface area contributed by atoms with E-state index in [2.05, 4.69) is 27.8 Å². The van der Waals surface area contributed by atoms with Gasteiger partial charge < -0.3 is 5.32 Å². The predicted molar refractivity (Wildman–Crippen MR) is 130 cm³/mol. The molecule has 0 fully saturated rings. The number of aromatic nitrogens is 2. The molecule has 2 N–H and O–H groups in total. The summed E-state index contributed by atoms with van der Waals surface area (Å²) in [7, 11) is -0.688. The van der Waals surface area contributed by atoms with Gasteiger partial charge in [0.25, 0.3) is 5.91 Å². The van der Waals surface area contributed by atoms with Crippen molar-refractivity contribution in [1.29, 1.82) is 0 Å². The highest BCUT2D eigenvalue weighted by molar-refractivity contribution is 8.01. The Bertz CT molecular complexity index is 1220. The van der Waals surface area contributed by atoms with Crippen molar-refractivity contribution < 1.29 is 18.0 Å². The highest BCUT2D eigenvalue weighted by Crippen LogP contribution is 2.26. The average molecular weight is 506 g/mol. The number of carbonyl (C=O) groups is 2. The monoisotopic (exact) mass is 505 g/mol. The molecule has 1 heterocycles. The van der Waals surface area contributed by atoms with Crippen LogP contribution in [0.3, 0.4) is 0 Å². The van der Waals surface area contributed by atoms with Gasteiger partial charge in [0, 0.05) is 25.3 Å². The van der Waals surface area contributed by atoms with E-state index in [0.717, 1.165) is 27.8 Å². The number of thioether (sulfide) groups is 1. The first-order chi connectivity index (χ1) is 15.7. The van der Waals surface area contributed by atoms with Gasteiger partial charge in [0.15, 0.2) is 4.34 Å². The summed E-state index contributed by atoms with van der Waals surface area (Å²) in [6.07, 6.45) is 0.934. The Morgan fingerprint density at radius 1 is 1.00 bits per heavy atom. The molecule has 2 amide bonds. The molecule has 1 aromatic heterocycles. The standard InChI is InChI=1S/C21H23N5O4S3/c1-4-14-5-9-16(10-6-14)22-18(27)13-31-21-25-24-20(32-21)23-19(28)15-7-11-17(12-8-15)33(29,30)26(2)3/h5-12H,4,13H2,1-3H3,(H,22,27)(H,23,24,28). The molecule has 0 saturated heterocycles. The Labute approximate surface area is 200 Å². The van der Waals surface area contributed by atoms with Crippen molar-refractivity contribution in [2.24, 2.45) is 0 Å². The molecule has 0 unspecified atom stereocenters. The Kier molecular flexibility index (Phi) is 8.19. The fraction of sp³-hybridized carbons (Fsp3) is 0.238. The molecule has 0 atom stereocenters. The van der Waals surface area contributed by atoms with E-state index in [0.29, 0.717) is 4.34 Å². The lowest BCUT2D eigenvalue weighted by Crippen LogP contribution is -2.22. The number of nitrogens with one attached hydrogen (secondary N) is 2. The number of aryl methyl sites for hydroxylation is 1. The summed E-state index contributed by atoms with van der Waals surface area (Å²) in [6, 6.07) is 13.3. The lowest BCUT2D eigenvalue weighted by molar-refractivity contribution is -0.113. The highest BCUT2D eigenvalue weighted by Gasteiger charge is 2.18. The second-order valence-corrected chi connectivity index (χ2v) is 11.4. The number of rotatable bonds is 9. The van der Waals surface area contributed by atoms with Gasteiger partial charge in [0.1, 0.15) is 0 Å². The molecule has 0 spiro atoms. The van der Waals surface area contributed by atoms with Crippen molar-refractivity contribution in [2.45, 2.75) is 22.6 Å². The third kappa shape index (κ3) is 6.60. The first kappa shape index (κ1) is 24.8. The van der Waals surface area contributed by atoms with Crippen LogP contribution in [0.25, 0.3) is 0 Å². The van der Waals surface area contributed by atoms with Crippen molar-refractivity contribution in [2.75, 3.05) is 30.5 Å². The third-order valence-corrected chi connectivity index (χ3v) is 8.30. The molecule has 0 radical (unpaired) electrons. The molecule has 0 aliphatic carbocycles. The molecule has 3 rings (SSSR count). The number of sulfonamides is 1. The molecule has 0 bridgehead atoms. The van der Waals surface area contributed by atoms with Gasteiger partial charge in [-0.3, -0.25) is 14.9 Å². The number of nitrogens with zero attached hydrogens (tertiary/aromatic N) is 3. The maximum Gasteiger partial charge on any atom is 0.257 e. The third-order valence-electron chi connectivity index (χ3n) is 4.49. The zero-order valence-corrected chi connectivity index (χ0v) is 20.7. The quantitative estimate of drug-likeness (QED) is 0.338. The summed E-state index contributed by atoms with van der Waals surface area (Å²) in [5.74, 6) is -0.456. The molecular formula is C21H23N5O4S3. The van der Waals surface area contributed by atoms with Gasteiger partial charge in [-0.1, -0.05) is 42.2 Å². The molecule has 0 saturated carbocycles. The smallest absolute Gasteiger partial charge is 0.257 e. The Morgan fingerprint density at radius 2 is 1.67 bits per heavy atom. The summed E-state index contributed by atoms with van der Waals surface area (Å²) < 4.78 is 25.9. The van der Waals surface area contributed by atoms with E-state index in [1.165, 1.54) is 55.7 Å². The number of carbonyl (C=O) groups excluding carboxylic acids is 2.